The van der Waals surface area contributed by atoms with Gasteiger partial charge < -0.3 is 14.8 Å². The van der Waals surface area contributed by atoms with Crippen molar-refractivity contribution >= 4 is 28.4 Å². The number of benzene rings is 1. The molecule has 0 fully saturated rings. The van der Waals surface area contributed by atoms with Crippen molar-refractivity contribution in [3.8, 4) is 17.4 Å². The Bertz CT molecular complexity index is 578. The molecule has 0 saturated carbocycles. The second kappa shape index (κ2) is 7.28. The standard InChI is InChI=1S/C14H16IN3O2/c1-3-7-16-13-12(19-2)14(18-9-17-13)20-11-6-4-5-10(15)8-11/h4-6,8-9H,3,7H2,1-2H3,(H,16,17,18). The van der Waals surface area contributed by atoms with Crippen LogP contribution in [0.1, 0.15) is 13.3 Å². The maximum Gasteiger partial charge on any atom is 0.268 e. The fraction of sp³-hybridized carbons (Fsp3) is 0.286. The number of halogens is 1. The molecule has 1 N–H and O–H groups in total. The Hall–Kier alpha value is -1.57. The van der Waals surface area contributed by atoms with E-state index in [-0.39, 0.29) is 0 Å². The summed E-state index contributed by atoms with van der Waals surface area (Å²) in [6.45, 7) is 2.90. The number of ether oxygens (including phenoxy) is 2. The third-order valence-corrected chi connectivity index (χ3v) is 3.20. The summed E-state index contributed by atoms with van der Waals surface area (Å²) >= 11 is 2.23. The summed E-state index contributed by atoms with van der Waals surface area (Å²) in [6.07, 6.45) is 2.46. The molecule has 0 unspecified atom stereocenters. The molecular formula is C14H16IN3O2. The first kappa shape index (κ1) is 14.8. The average molecular weight is 385 g/mol. The van der Waals surface area contributed by atoms with E-state index < -0.39 is 0 Å². The van der Waals surface area contributed by atoms with Crippen LogP contribution in [0.25, 0.3) is 0 Å². The summed E-state index contributed by atoms with van der Waals surface area (Å²) in [4.78, 5) is 8.32. The number of aromatic nitrogens is 2. The summed E-state index contributed by atoms with van der Waals surface area (Å²) in [7, 11) is 1.58. The van der Waals surface area contributed by atoms with Gasteiger partial charge in [-0.05, 0) is 47.2 Å². The maximum absolute atomic E-state index is 5.78. The molecule has 0 radical (unpaired) electrons. The molecule has 106 valence electrons. The van der Waals surface area contributed by atoms with E-state index in [0.29, 0.717) is 17.4 Å². The Morgan fingerprint density at radius 1 is 1.30 bits per heavy atom. The lowest BCUT2D eigenvalue weighted by Gasteiger charge is -2.13. The lowest BCUT2D eigenvalue weighted by atomic mass is 10.3. The van der Waals surface area contributed by atoms with Gasteiger partial charge in [0.25, 0.3) is 5.88 Å². The van der Waals surface area contributed by atoms with Crippen LogP contribution in [0.5, 0.6) is 17.4 Å². The van der Waals surface area contributed by atoms with E-state index in [1.807, 2.05) is 24.3 Å². The van der Waals surface area contributed by atoms with Gasteiger partial charge in [0, 0.05) is 10.1 Å². The van der Waals surface area contributed by atoms with Crippen LogP contribution in [-0.4, -0.2) is 23.6 Å². The number of hydrogen-bond acceptors (Lipinski definition) is 5. The summed E-state index contributed by atoms with van der Waals surface area (Å²) in [5.74, 6) is 2.28. The van der Waals surface area contributed by atoms with E-state index in [2.05, 4.69) is 44.8 Å². The number of nitrogens with zero attached hydrogens (tertiary/aromatic N) is 2. The molecule has 1 aromatic carbocycles. The highest BCUT2D eigenvalue weighted by atomic mass is 127. The Labute approximate surface area is 131 Å². The van der Waals surface area contributed by atoms with Gasteiger partial charge in [0.15, 0.2) is 5.82 Å². The highest BCUT2D eigenvalue weighted by Crippen LogP contribution is 2.34. The number of methoxy groups -OCH3 is 1. The zero-order valence-electron chi connectivity index (χ0n) is 11.4. The first-order valence-electron chi connectivity index (χ1n) is 6.31. The van der Waals surface area contributed by atoms with Gasteiger partial charge in [-0.15, -0.1) is 0 Å². The van der Waals surface area contributed by atoms with Crippen molar-refractivity contribution in [2.24, 2.45) is 0 Å². The van der Waals surface area contributed by atoms with Gasteiger partial charge in [0.05, 0.1) is 7.11 Å². The monoisotopic (exact) mass is 385 g/mol. The van der Waals surface area contributed by atoms with Crippen molar-refractivity contribution in [1.29, 1.82) is 0 Å². The highest BCUT2D eigenvalue weighted by Gasteiger charge is 2.14. The predicted octanol–water partition coefficient (Wildman–Crippen LogP) is 3.70. The van der Waals surface area contributed by atoms with E-state index >= 15 is 0 Å². The molecule has 0 spiro atoms. The first-order valence-corrected chi connectivity index (χ1v) is 7.38. The number of anilines is 1. The minimum Gasteiger partial charge on any atom is -0.489 e. The Kier molecular flexibility index (Phi) is 5.40. The van der Waals surface area contributed by atoms with Crippen molar-refractivity contribution in [3.05, 3.63) is 34.2 Å². The molecule has 0 aliphatic heterocycles. The van der Waals surface area contributed by atoms with Gasteiger partial charge >= 0.3 is 0 Å². The normalized spacial score (nSPS) is 10.2. The predicted molar refractivity (Wildman–Crippen MR) is 86.6 cm³/mol. The zero-order valence-corrected chi connectivity index (χ0v) is 13.5. The van der Waals surface area contributed by atoms with Gasteiger partial charge in [0.1, 0.15) is 12.1 Å². The molecule has 20 heavy (non-hydrogen) atoms. The second-order valence-corrected chi connectivity index (χ2v) is 5.29. The van der Waals surface area contributed by atoms with Crippen LogP contribution in [0, 0.1) is 3.57 Å². The second-order valence-electron chi connectivity index (χ2n) is 4.05. The Balaban J connectivity index is 2.26. The average Bonchev–Trinajstić information content (AvgIpc) is 2.45. The number of hydrogen-bond donors (Lipinski definition) is 1. The van der Waals surface area contributed by atoms with Gasteiger partial charge in [-0.1, -0.05) is 13.0 Å². The molecule has 1 heterocycles. The van der Waals surface area contributed by atoms with Gasteiger partial charge in [-0.3, -0.25) is 0 Å². The van der Waals surface area contributed by atoms with Crippen LogP contribution in [0.15, 0.2) is 30.6 Å². The summed E-state index contributed by atoms with van der Waals surface area (Å²) in [5, 5.41) is 3.19. The largest absolute Gasteiger partial charge is 0.489 e. The molecule has 6 heteroatoms. The SMILES string of the molecule is CCCNc1ncnc(Oc2cccc(I)c2)c1OC. The summed E-state index contributed by atoms with van der Waals surface area (Å²) in [6, 6.07) is 7.74. The summed E-state index contributed by atoms with van der Waals surface area (Å²) in [5.41, 5.74) is 0. The zero-order chi connectivity index (χ0) is 14.4. The van der Waals surface area contributed by atoms with E-state index in [4.69, 9.17) is 9.47 Å². The quantitative estimate of drug-likeness (QED) is 0.769. The van der Waals surface area contributed by atoms with Crippen LogP contribution in [0.3, 0.4) is 0 Å². The van der Waals surface area contributed by atoms with Crippen molar-refractivity contribution < 1.29 is 9.47 Å². The van der Waals surface area contributed by atoms with Crippen LogP contribution >= 0.6 is 22.6 Å². The van der Waals surface area contributed by atoms with E-state index in [9.17, 15) is 0 Å². The van der Waals surface area contributed by atoms with Crippen molar-refractivity contribution in [2.75, 3.05) is 19.0 Å². The van der Waals surface area contributed by atoms with E-state index in [0.717, 1.165) is 22.3 Å². The fourth-order valence-electron chi connectivity index (χ4n) is 1.63. The Morgan fingerprint density at radius 2 is 2.15 bits per heavy atom. The van der Waals surface area contributed by atoms with Crippen LogP contribution in [0.4, 0.5) is 5.82 Å². The van der Waals surface area contributed by atoms with Crippen molar-refractivity contribution in [1.82, 2.24) is 9.97 Å². The molecule has 0 saturated heterocycles. The molecule has 2 aromatic rings. The number of nitrogens with one attached hydrogen (secondary N) is 1. The van der Waals surface area contributed by atoms with Crippen molar-refractivity contribution in [3.63, 3.8) is 0 Å². The molecular weight excluding hydrogens is 369 g/mol. The van der Waals surface area contributed by atoms with Crippen LogP contribution < -0.4 is 14.8 Å². The Morgan fingerprint density at radius 3 is 2.85 bits per heavy atom. The third-order valence-electron chi connectivity index (χ3n) is 2.53. The lowest BCUT2D eigenvalue weighted by Crippen LogP contribution is -2.05. The van der Waals surface area contributed by atoms with Crippen LogP contribution in [0.2, 0.25) is 0 Å². The molecule has 0 aliphatic rings. The van der Waals surface area contributed by atoms with Gasteiger partial charge in [-0.25, -0.2) is 4.98 Å². The third kappa shape index (κ3) is 3.72. The maximum atomic E-state index is 5.78. The molecule has 0 aliphatic carbocycles. The lowest BCUT2D eigenvalue weighted by molar-refractivity contribution is 0.369. The topological polar surface area (TPSA) is 56.3 Å². The number of rotatable bonds is 6. The molecule has 0 bridgehead atoms. The van der Waals surface area contributed by atoms with E-state index in [1.165, 1.54) is 6.33 Å². The minimum absolute atomic E-state index is 0.406. The smallest absolute Gasteiger partial charge is 0.268 e. The van der Waals surface area contributed by atoms with E-state index in [1.54, 1.807) is 7.11 Å². The molecule has 1 aromatic heterocycles. The molecule has 0 amide bonds. The van der Waals surface area contributed by atoms with Gasteiger partial charge in [-0.2, -0.15) is 4.98 Å². The molecule has 2 rings (SSSR count). The first-order chi connectivity index (χ1) is 9.74. The minimum atomic E-state index is 0.406. The molecule has 5 nitrogen and oxygen atoms in total. The molecule has 0 atom stereocenters. The highest BCUT2D eigenvalue weighted by molar-refractivity contribution is 14.1. The van der Waals surface area contributed by atoms with Crippen molar-refractivity contribution in [2.45, 2.75) is 13.3 Å². The van der Waals surface area contributed by atoms with Crippen LogP contribution in [-0.2, 0) is 0 Å². The van der Waals surface area contributed by atoms with Gasteiger partial charge in [0.2, 0.25) is 5.75 Å². The fourth-order valence-corrected chi connectivity index (χ4v) is 2.14. The summed E-state index contributed by atoms with van der Waals surface area (Å²) < 4.78 is 12.2.